The molecule has 132 valence electrons. The van der Waals surface area contributed by atoms with Gasteiger partial charge < -0.3 is 10.4 Å². The molecule has 1 aromatic rings. The molecule has 1 aromatic carbocycles. The number of Topliss-reactive ketones (excluding diaryl/α,β-unsaturated/α-hetero) is 1. The van der Waals surface area contributed by atoms with E-state index in [1.807, 2.05) is 18.2 Å². The van der Waals surface area contributed by atoms with E-state index in [1.54, 1.807) is 0 Å². The third kappa shape index (κ3) is 2.90. The Balaban J connectivity index is 1.72. The average Bonchev–Trinajstić information content (AvgIpc) is 2.67. The molecule has 0 aromatic heterocycles. The lowest BCUT2D eigenvalue weighted by Crippen LogP contribution is -2.46. The van der Waals surface area contributed by atoms with Crippen molar-refractivity contribution in [1.29, 1.82) is 0 Å². The Kier molecular flexibility index (Phi) is 4.41. The molecule has 0 bridgehead atoms. The molecule has 0 radical (unpaired) electrons. The summed E-state index contributed by atoms with van der Waals surface area (Å²) in [4.78, 5) is 13.3. The fraction of sp³-hybridized carbons (Fsp3) is 0.500. The minimum Gasteiger partial charge on any atom is -0.508 e. The van der Waals surface area contributed by atoms with Crippen LogP contribution in [0.2, 0.25) is 0 Å². The zero-order valence-electron chi connectivity index (χ0n) is 14.7. The van der Waals surface area contributed by atoms with E-state index in [2.05, 4.69) is 24.0 Å². The minimum absolute atomic E-state index is 0.104. The van der Waals surface area contributed by atoms with Gasteiger partial charge >= 0.3 is 0 Å². The first-order valence-corrected chi connectivity index (χ1v) is 9.65. The van der Waals surface area contributed by atoms with Gasteiger partial charge in [0, 0.05) is 23.1 Å². The number of carbonyl (C=O) groups is 1. The van der Waals surface area contributed by atoms with Crippen LogP contribution in [0.15, 0.2) is 36.9 Å². The zero-order chi connectivity index (χ0) is 17.4. The predicted octanol–water partition coefficient (Wildman–Crippen LogP) is 5.21. The summed E-state index contributed by atoms with van der Waals surface area (Å²) in [5.41, 5.74) is 2.88. The van der Waals surface area contributed by atoms with Crippen LogP contribution < -0.4 is 5.32 Å². The van der Waals surface area contributed by atoms with Crippen molar-refractivity contribution in [2.24, 2.45) is 11.8 Å². The summed E-state index contributed by atoms with van der Waals surface area (Å²) < 4.78 is 0. The number of hydrogen-bond acceptors (Lipinski definition) is 3. The smallest absolute Gasteiger partial charge is 0.158 e. The van der Waals surface area contributed by atoms with Gasteiger partial charge in [-0.25, -0.2) is 0 Å². The van der Waals surface area contributed by atoms with Crippen LogP contribution in [0.25, 0.3) is 5.76 Å². The SMILES string of the molecule is C=C(O)c1cccc2c1C1C=CCCC1C(C(=O)C1CCCCC1)N2. The van der Waals surface area contributed by atoms with Crippen LogP contribution in [0.4, 0.5) is 5.69 Å². The summed E-state index contributed by atoms with van der Waals surface area (Å²) in [7, 11) is 0. The topological polar surface area (TPSA) is 49.3 Å². The summed E-state index contributed by atoms with van der Waals surface area (Å²) in [5, 5.41) is 13.6. The van der Waals surface area contributed by atoms with Gasteiger partial charge in [0.1, 0.15) is 5.76 Å². The number of aliphatic hydroxyl groups is 1. The fourth-order valence-corrected chi connectivity index (χ4v) is 5.04. The van der Waals surface area contributed by atoms with E-state index in [9.17, 15) is 9.90 Å². The van der Waals surface area contributed by atoms with Crippen LogP contribution in [0.5, 0.6) is 0 Å². The maximum absolute atomic E-state index is 13.3. The molecular formula is C22H27NO2. The molecular weight excluding hydrogens is 310 g/mol. The predicted molar refractivity (Wildman–Crippen MR) is 102 cm³/mol. The van der Waals surface area contributed by atoms with Crippen LogP contribution in [0, 0.1) is 11.8 Å². The number of hydrogen-bond donors (Lipinski definition) is 2. The van der Waals surface area contributed by atoms with Gasteiger partial charge in [-0.1, -0.05) is 50.1 Å². The minimum atomic E-state index is -0.104. The lowest BCUT2D eigenvalue weighted by Gasteiger charge is -2.42. The molecule has 2 N–H and O–H groups in total. The molecule has 3 unspecified atom stereocenters. The molecule has 3 nitrogen and oxygen atoms in total. The Morgan fingerprint density at radius 3 is 2.72 bits per heavy atom. The third-order valence-electron chi connectivity index (χ3n) is 6.27. The maximum Gasteiger partial charge on any atom is 0.158 e. The summed E-state index contributed by atoms with van der Waals surface area (Å²) in [6, 6.07) is 5.78. The van der Waals surface area contributed by atoms with Gasteiger partial charge in [0.25, 0.3) is 0 Å². The number of ketones is 1. The number of fused-ring (bicyclic) bond motifs is 3. The van der Waals surface area contributed by atoms with Crippen molar-refractivity contribution in [2.45, 2.75) is 56.9 Å². The molecule has 1 fully saturated rings. The first-order valence-electron chi connectivity index (χ1n) is 9.65. The lowest BCUT2D eigenvalue weighted by molar-refractivity contribution is -0.126. The molecule has 1 heterocycles. The normalized spacial score (nSPS) is 28.6. The number of aliphatic hydroxyl groups excluding tert-OH is 1. The van der Waals surface area contributed by atoms with Gasteiger partial charge in [-0.3, -0.25) is 4.79 Å². The highest BCUT2D eigenvalue weighted by Crippen LogP contribution is 2.47. The molecule has 3 atom stereocenters. The van der Waals surface area contributed by atoms with Crippen molar-refractivity contribution in [2.75, 3.05) is 5.32 Å². The highest BCUT2D eigenvalue weighted by Gasteiger charge is 2.42. The van der Waals surface area contributed by atoms with Crippen molar-refractivity contribution in [3.8, 4) is 0 Å². The Bertz CT molecular complexity index is 715. The first-order chi connectivity index (χ1) is 12.2. The van der Waals surface area contributed by atoms with Crippen molar-refractivity contribution in [1.82, 2.24) is 0 Å². The second kappa shape index (κ2) is 6.70. The van der Waals surface area contributed by atoms with Crippen LogP contribution in [0.3, 0.4) is 0 Å². The van der Waals surface area contributed by atoms with Crippen molar-refractivity contribution in [3.63, 3.8) is 0 Å². The largest absolute Gasteiger partial charge is 0.508 e. The van der Waals surface area contributed by atoms with Gasteiger partial charge in [0.05, 0.1) is 6.04 Å². The van der Waals surface area contributed by atoms with Crippen LogP contribution in [0.1, 0.15) is 62.0 Å². The molecule has 4 rings (SSSR count). The van der Waals surface area contributed by atoms with Crippen molar-refractivity contribution >= 4 is 17.2 Å². The molecule has 1 saturated carbocycles. The first kappa shape index (κ1) is 16.4. The number of anilines is 1. The third-order valence-corrected chi connectivity index (χ3v) is 6.27. The van der Waals surface area contributed by atoms with Gasteiger partial charge in [-0.05, 0) is 43.2 Å². The lowest BCUT2D eigenvalue weighted by atomic mass is 9.68. The Hall–Kier alpha value is -2.03. The summed E-state index contributed by atoms with van der Waals surface area (Å²) in [6.07, 6.45) is 12.2. The van der Waals surface area contributed by atoms with Gasteiger partial charge in [0.2, 0.25) is 0 Å². The Morgan fingerprint density at radius 1 is 1.16 bits per heavy atom. The van der Waals surface area contributed by atoms with E-state index in [1.165, 1.54) is 19.3 Å². The van der Waals surface area contributed by atoms with Crippen molar-refractivity contribution < 1.29 is 9.90 Å². The van der Waals surface area contributed by atoms with E-state index in [4.69, 9.17) is 0 Å². The zero-order valence-corrected chi connectivity index (χ0v) is 14.7. The fourth-order valence-electron chi connectivity index (χ4n) is 5.04. The standard InChI is InChI=1S/C22H27NO2/c1-14(24)16-12-7-13-19-20(16)17-10-5-6-11-18(17)21(23-19)22(25)15-8-3-2-4-9-15/h5,7,10,12-13,15,17-18,21,23-24H,1-4,6,8-9,11H2. The van der Waals surface area contributed by atoms with Gasteiger partial charge in [0.15, 0.2) is 5.78 Å². The van der Waals surface area contributed by atoms with E-state index in [0.717, 1.165) is 42.5 Å². The van der Waals surface area contributed by atoms with Crippen molar-refractivity contribution in [3.05, 3.63) is 48.1 Å². The number of rotatable bonds is 3. The molecule has 25 heavy (non-hydrogen) atoms. The molecule has 0 saturated heterocycles. The Labute approximate surface area is 149 Å². The van der Waals surface area contributed by atoms with E-state index >= 15 is 0 Å². The number of benzene rings is 1. The van der Waals surface area contributed by atoms with Gasteiger partial charge in [-0.2, -0.15) is 0 Å². The molecule has 3 aliphatic rings. The molecule has 0 spiro atoms. The molecule has 3 heteroatoms. The van der Waals surface area contributed by atoms with E-state index in [-0.39, 0.29) is 29.6 Å². The summed E-state index contributed by atoms with van der Waals surface area (Å²) >= 11 is 0. The second-order valence-corrected chi connectivity index (χ2v) is 7.77. The van der Waals surface area contributed by atoms with Gasteiger partial charge in [-0.15, -0.1) is 0 Å². The van der Waals surface area contributed by atoms with E-state index < -0.39 is 0 Å². The number of allylic oxidation sites excluding steroid dienone is 2. The van der Waals surface area contributed by atoms with Crippen LogP contribution >= 0.6 is 0 Å². The van der Waals surface area contributed by atoms with Crippen LogP contribution in [-0.2, 0) is 4.79 Å². The summed E-state index contributed by atoms with van der Waals surface area (Å²) in [6.45, 7) is 3.74. The Morgan fingerprint density at radius 2 is 1.96 bits per heavy atom. The number of carbonyl (C=O) groups excluding carboxylic acids is 1. The second-order valence-electron chi connectivity index (χ2n) is 7.77. The monoisotopic (exact) mass is 337 g/mol. The van der Waals surface area contributed by atoms with E-state index in [0.29, 0.717) is 5.78 Å². The molecule has 1 aliphatic heterocycles. The summed E-state index contributed by atoms with van der Waals surface area (Å²) in [5.74, 6) is 1.18. The highest BCUT2D eigenvalue weighted by molar-refractivity contribution is 5.91. The highest BCUT2D eigenvalue weighted by atomic mass is 16.3. The average molecular weight is 337 g/mol. The maximum atomic E-state index is 13.3. The molecule has 2 aliphatic carbocycles. The van der Waals surface area contributed by atoms with Crippen LogP contribution in [-0.4, -0.2) is 16.9 Å². The molecule has 0 amide bonds. The quantitative estimate of drug-likeness (QED) is 0.588. The number of nitrogens with one attached hydrogen (secondary N) is 1.